The molecular weight excluding hydrogens is 435 g/mol. The Kier molecular flexibility index (Phi) is 6.16. The van der Waals surface area contributed by atoms with Gasteiger partial charge < -0.3 is 14.8 Å². The number of ketones is 1. The second-order valence-corrected chi connectivity index (χ2v) is 9.79. The van der Waals surface area contributed by atoms with Gasteiger partial charge in [-0.05, 0) is 43.2 Å². The predicted octanol–water partition coefficient (Wildman–Crippen LogP) is 5.03. The Hall–Kier alpha value is -2.61. The number of Topliss-reactive ketones (excluding diaryl/α,β-unsaturated/α-hetero) is 1. The highest BCUT2D eigenvalue weighted by molar-refractivity contribution is 6.04. The van der Waals surface area contributed by atoms with Crippen LogP contribution in [0.15, 0.2) is 46.8 Å². The summed E-state index contributed by atoms with van der Waals surface area (Å²) >= 11 is 0. The molecule has 8 heteroatoms. The van der Waals surface area contributed by atoms with E-state index in [-0.39, 0.29) is 41.5 Å². The molecule has 0 aromatic heterocycles. The number of esters is 1. The van der Waals surface area contributed by atoms with E-state index < -0.39 is 23.6 Å². The van der Waals surface area contributed by atoms with Gasteiger partial charge in [-0.3, -0.25) is 4.79 Å². The minimum atomic E-state index is -4.54. The topological polar surface area (TPSA) is 64.6 Å². The summed E-state index contributed by atoms with van der Waals surface area (Å²) in [6.07, 6.45) is -2.26. The van der Waals surface area contributed by atoms with Crippen molar-refractivity contribution in [3.63, 3.8) is 0 Å². The third-order valence-corrected chi connectivity index (χ3v) is 6.43. The van der Waals surface area contributed by atoms with Crippen molar-refractivity contribution >= 4 is 11.8 Å². The SMILES string of the molecule is CC1=C(C(=O)OC[C@@H]2CCCO2)[C@@H](c2cccc(C(F)(F)F)c2)C2=C(CC(C)(C)CC2=O)N1. The standard InChI is InChI=1S/C25H28F3NO4/c1-14-20(23(31)33-13-17-8-5-9-32-17)21(15-6-4-7-16(10-15)25(26,27)28)22-18(29-14)11-24(2,3)12-19(22)30/h4,6-7,10,17,21,29H,5,8-9,11-13H2,1-3H3/t17-,21+/m0/s1. The Labute approximate surface area is 191 Å². The molecule has 178 valence electrons. The fourth-order valence-electron chi connectivity index (χ4n) is 4.96. The van der Waals surface area contributed by atoms with Crippen LogP contribution >= 0.6 is 0 Å². The Balaban J connectivity index is 1.76. The number of halogens is 3. The van der Waals surface area contributed by atoms with Gasteiger partial charge in [0.2, 0.25) is 0 Å². The van der Waals surface area contributed by atoms with Gasteiger partial charge in [0.15, 0.2) is 5.78 Å². The van der Waals surface area contributed by atoms with Crippen LogP contribution < -0.4 is 5.32 Å². The van der Waals surface area contributed by atoms with Gasteiger partial charge in [0.1, 0.15) is 6.61 Å². The van der Waals surface area contributed by atoms with Gasteiger partial charge >= 0.3 is 12.1 Å². The number of nitrogens with one attached hydrogen (secondary N) is 1. The molecule has 4 rings (SSSR count). The second kappa shape index (κ2) is 8.63. The third kappa shape index (κ3) is 4.86. The summed E-state index contributed by atoms with van der Waals surface area (Å²) in [6.45, 7) is 6.32. The highest BCUT2D eigenvalue weighted by atomic mass is 19.4. The van der Waals surface area contributed by atoms with E-state index in [2.05, 4.69) is 5.32 Å². The first-order chi connectivity index (χ1) is 15.5. The molecule has 2 heterocycles. The Morgan fingerprint density at radius 3 is 2.70 bits per heavy atom. The van der Waals surface area contributed by atoms with Crippen LogP contribution in [0.2, 0.25) is 0 Å². The van der Waals surface area contributed by atoms with E-state index in [0.717, 1.165) is 25.0 Å². The molecule has 2 aliphatic heterocycles. The van der Waals surface area contributed by atoms with E-state index in [1.165, 1.54) is 12.1 Å². The number of carbonyl (C=O) groups excluding carboxylic acids is 2. The first kappa shape index (κ1) is 23.5. The van der Waals surface area contributed by atoms with Crippen molar-refractivity contribution in [1.29, 1.82) is 0 Å². The monoisotopic (exact) mass is 463 g/mol. The zero-order valence-corrected chi connectivity index (χ0v) is 19.0. The first-order valence-electron chi connectivity index (χ1n) is 11.2. The average molecular weight is 463 g/mol. The van der Waals surface area contributed by atoms with Gasteiger partial charge in [0, 0.05) is 35.9 Å². The molecule has 1 N–H and O–H groups in total. The van der Waals surface area contributed by atoms with Crippen LogP contribution in [-0.2, 0) is 25.2 Å². The van der Waals surface area contributed by atoms with Gasteiger partial charge in [-0.15, -0.1) is 0 Å². The molecule has 0 saturated carbocycles. The lowest BCUT2D eigenvalue weighted by Crippen LogP contribution is -2.39. The number of allylic oxidation sites excluding steroid dienone is 3. The summed E-state index contributed by atoms with van der Waals surface area (Å²) in [5.74, 6) is -1.75. The highest BCUT2D eigenvalue weighted by Crippen LogP contribution is 2.47. The lowest BCUT2D eigenvalue weighted by Gasteiger charge is -2.39. The average Bonchev–Trinajstić information content (AvgIpc) is 3.23. The first-order valence-corrected chi connectivity index (χ1v) is 11.2. The zero-order chi connectivity index (χ0) is 24.0. The Morgan fingerprint density at radius 1 is 1.27 bits per heavy atom. The molecule has 1 aromatic carbocycles. The lowest BCUT2D eigenvalue weighted by molar-refractivity contribution is -0.142. The second-order valence-electron chi connectivity index (χ2n) is 9.79. The van der Waals surface area contributed by atoms with Crippen molar-refractivity contribution in [3.8, 4) is 0 Å². The van der Waals surface area contributed by atoms with Crippen LogP contribution in [0.5, 0.6) is 0 Å². The van der Waals surface area contributed by atoms with Crippen molar-refractivity contribution < 1.29 is 32.2 Å². The van der Waals surface area contributed by atoms with Gasteiger partial charge in [0.25, 0.3) is 0 Å². The van der Waals surface area contributed by atoms with Crippen molar-refractivity contribution in [3.05, 3.63) is 57.9 Å². The molecule has 0 bridgehead atoms. The molecule has 0 radical (unpaired) electrons. The quantitative estimate of drug-likeness (QED) is 0.635. The normalized spacial score (nSPS) is 25.1. The zero-order valence-electron chi connectivity index (χ0n) is 19.0. The number of alkyl halides is 3. The maximum Gasteiger partial charge on any atom is 0.416 e. The molecule has 3 aliphatic rings. The Morgan fingerprint density at radius 2 is 2.03 bits per heavy atom. The summed E-state index contributed by atoms with van der Waals surface area (Å²) in [5.41, 5.74) is 0.789. The van der Waals surface area contributed by atoms with Crippen LogP contribution in [0.4, 0.5) is 13.2 Å². The van der Waals surface area contributed by atoms with Crippen LogP contribution in [0.1, 0.15) is 63.5 Å². The van der Waals surface area contributed by atoms with Crippen LogP contribution in [-0.4, -0.2) is 31.1 Å². The van der Waals surface area contributed by atoms with Crippen molar-refractivity contribution in [2.75, 3.05) is 13.2 Å². The van der Waals surface area contributed by atoms with E-state index in [9.17, 15) is 22.8 Å². The molecule has 1 aliphatic carbocycles. The number of hydrogen-bond donors (Lipinski definition) is 1. The van der Waals surface area contributed by atoms with Crippen LogP contribution in [0.25, 0.3) is 0 Å². The molecule has 1 aromatic rings. The van der Waals surface area contributed by atoms with Gasteiger partial charge in [-0.1, -0.05) is 32.0 Å². The van der Waals surface area contributed by atoms with Gasteiger partial charge in [-0.2, -0.15) is 13.2 Å². The fraction of sp³-hybridized carbons (Fsp3) is 0.520. The maximum atomic E-state index is 13.5. The number of benzene rings is 1. The summed E-state index contributed by atoms with van der Waals surface area (Å²) in [4.78, 5) is 26.4. The van der Waals surface area contributed by atoms with Crippen molar-refractivity contribution in [2.45, 2.75) is 64.7 Å². The van der Waals surface area contributed by atoms with Crippen molar-refractivity contribution in [1.82, 2.24) is 5.32 Å². The summed E-state index contributed by atoms with van der Waals surface area (Å²) in [5, 5.41) is 3.19. The van der Waals surface area contributed by atoms with E-state index in [4.69, 9.17) is 9.47 Å². The number of dihydropyridines is 1. The Bertz CT molecular complexity index is 1030. The molecule has 1 fully saturated rings. The molecule has 0 unspecified atom stereocenters. The largest absolute Gasteiger partial charge is 0.459 e. The smallest absolute Gasteiger partial charge is 0.416 e. The van der Waals surface area contributed by atoms with Gasteiger partial charge in [-0.25, -0.2) is 4.79 Å². The van der Waals surface area contributed by atoms with Crippen LogP contribution in [0, 0.1) is 5.41 Å². The van der Waals surface area contributed by atoms with E-state index >= 15 is 0 Å². The predicted molar refractivity (Wildman–Crippen MR) is 115 cm³/mol. The lowest BCUT2D eigenvalue weighted by atomic mass is 9.68. The molecule has 2 atom stereocenters. The molecule has 0 spiro atoms. The maximum absolute atomic E-state index is 13.5. The molecular formula is C25H28F3NO4. The third-order valence-electron chi connectivity index (χ3n) is 6.43. The molecule has 0 amide bonds. The summed E-state index contributed by atoms with van der Waals surface area (Å²) < 4.78 is 51.4. The number of ether oxygens (including phenoxy) is 2. The molecule has 33 heavy (non-hydrogen) atoms. The summed E-state index contributed by atoms with van der Waals surface area (Å²) in [7, 11) is 0. The van der Waals surface area contributed by atoms with E-state index in [0.29, 0.717) is 30.0 Å². The molecule has 1 saturated heterocycles. The number of hydrogen-bond acceptors (Lipinski definition) is 5. The van der Waals surface area contributed by atoms with E-state index in [1.807, 2.05) is 13.8 Å². The number of carbonyl (C=O) groups is 2. The van der Waals surface area contributed by atoms with E-state index in [1.54, 1.807) is 6.92 Å². The summed E-state index contributed by atoms with van der Waals surface area (Å²) in [6, 6.07) is 4.85. The van der Waals surface area contributed by atoms with Gasteiger partial charge in [0.05, 0.1) is 17.2 Å². The van der Waals surface area contributed by atoms with Crippen LogP contribution in [0.3, 0.4) is 0 Å². The minimum absolute atomic E-state index is 0.0673. The fourth-order valence-corrected chi connectivity index (χ4v) is 4.96. The molecule has 5 nitrogen and oxygen atoms in total. The highest BCUT2D eigenvalue weighted by Gasteiger charge is 2.44. The number of rotatable bonds is 4. The van der Waals surface area contributed by atoms with Crippen molar-refractivity contribution in [2.24, 2.45) is 5.41 Å². The minimum Gasteiger partial charge on any atom is -0.459 e.